The number of aromatic amines is 1. The Kier molecular flexibility index (Phi) is 6.62. The molecule has 0 aromatic carbocycles. The van der Waals surface area contributed by atoms with Crippen molar-refractivity contribution in [2.24, 2.45) is 0 Å². The Balaban J connectivity index is 0.000000821. The van der Waals surface area contributed by atoms with E-state index in [0.717, 1.165) is 33.8 Å². The maximum absolute atomic E-state index is 13.0. The standard InChI is InChI=1S/C20H20F2N8.C3H6/c1-12-8-14-15(4-5-23-19(14)26-12)24-9-13-2-3-16(25-10-13)29-6-7-30-17(11-29)27-28-20(30)18(21)22;1-3-2/h2-5,8,10,18H,6-7,9,11H2,1H3,(H2,23,24,26);3H,1H2,2H3. The first-order valence-electron chi connectivity index (χ1n) is 10.7. The number of H-pyrrole nitrogens is 1. The van der Waals surface area contributed by atoms with Gasteiger partial charge in [0, 0.05) is 48.8 Å². The minimum Gasteiger partial charge on any atom is -0.380 e. The third-order valence-electron chi connectivity index (χ3n) is 5.26. The fraction of sp³-hybridized carbons (Fsp3) is 0.304. The lowest BCUT2D eigenvalue weighted by molar-refractivity contribution is 0.134. The zero-order valence-electron chi connectivity index (χ0n) is 18.6. The summed E-state index contributed by atoms with van der Waals surface area (Å²) in [5, 5.41) is 12.0. The first kappa shape index (κ1) is 22.4. The number of hydrogen-bond acceptors (Lipinski definition) is 6. The molecule has 0 radical (unpaired) electrons. The number of pyridine rings is 2. The Labute approximate surface area is 190 Å². The Bertz CT molecular complexity index is 1230. The largest absolute Gasteiger partial charge is 0.380 e. The van der Waals surface area contributed by atoms with Crippen LogP contribution < -0.4 is 10.2 Å². The van der Waals surface area contributed by atoms with Gasteiger partial charge in [-0.15, -0.1) is 16.8 Å². The Morgan fingerprint density at radius 2 is 2.03 bits per heavy atom. The number of allylic oxidation sites excluding steroid dienone is 1. The summed E-state index contributed by atoms with van der Waals surface area (Å²) < 4.78 is 27.4. The quantitative estimate of drug-likeness (QED) is 0.430. The van der Waals surface area contributed by atoms with Gasteiger partial charge < -0.3 is 19.8 Å². The van der Waals surface area contributed by atoms with Gasteiger partial charge in [0.05, 0.1) is 6.54 Å². The smallest absolute Gasteiger partial charge is 0.297 e. The van der Waals surface area contributed by atoms with E-state index in [2.05, 4.69) is 43.1 Å². The van der Waals surface area contributed by atoms with E-state index in [1.807, 2.05) is 43.1 Å². The van der Waals surface area contributed by atoms with E-state index < -0.39 is 6.43 Å². The topological polar surface area (TPSA) is 87.6 Å². The molecule has 0 aliphatic carbocycles. The van der Waals surface area contributed by atoms with Crippen molar-refractivity contribution in [3.63, 3.8) is 0 Å². The van der Waals surface area contributed by atoms with Gasteiger partial charge in [0.1, 0.15) is 11.5 Å². The van der Waals surface area contributed by atoms with Gasteiger partial charge in [-0.05, 0) is 37.6 Å². The average Bonchev–Trinajstić information content (AvgIpc) is 3.41. The number of anilines is 2. The van der Waals surface area contributed by atoms with Gasteiger partial charge in [0.15, 0.2) is 11.6 Å². The molecule has 0 atom stereocenters. The second kappa shape index (κ2) is 9.76. The highest BCUT2D eigenvalue weighted by Gasteiger charge is 2.25. The lowest BCUT2D eigenvalue weighted by Crippen LogP contribution is -2.35. The highest BCUT2D eigenvalue weighted by atomic mass is 19.3. The fourth-order valence-corrected chi connectivity index (χ4v) is 3.76. The molecule has 8 nitrogen and oxygen atoms in total. The van der Waals surface area contributed by atoms with Crippen molar-refractivity contribution < 1.29 is 8.78 Å². The Morgan fingerprint density at radius 1 is 1.21 bits per heavy atom. The van der Waals surface area contributed by atoms with Crippen molar-refractivity contribution in [2.75, 3.05) is 16.8 Å². The summed E-state index contributed by atoms with van der Waals surface area (Å²) in [5.74, 6) is 1.06. The summed E-state index contributed by atoms with van der Waals surface area (Å²) in [6, 6.07) is 7.98. The van der Waals surface area contributed by atoms with Crippen LogP contribution in [0.5, 0.6) is 0 Å². The second-order valence-electron chi connectivity index (χ2n) is 7.71. The number of alkyl halides is 2. The van der Waals surface area contributed by atoms with Gasteiger partial charge in [0.2, 0.25) is 0 Å². The van der Waals surface area contributed by atoms with E-state index in [1.165, 1.54) is 4.57 Å². The van der Waals surface area contributed by atoms with Crippen LogP contribution in [0.3, 0.4) is 0 Å². The molecule has 5 heterocycles. The van der Waals surface area contributed by atoms with Crippen LogP contribution in [0.1, 0.15) is 36.3 Å². The van der Waals surface area contributed by atoms with E-state index in [0.29, 0.717) is 32.0 Å². The number of rotatable bonds is 5. The van der Waals surface area contributed by atoms with Crippen LogP contribution in [0.2, 0.25) is 0 Å². The predicted octanol–water partition coefficient (Wildman–Crippen LogP) is 4.62. The molecule has 0 bridgehead atoms. The minimum absolute atomic E-state index is 0.262. The molecule has 0 amide bonds. The third-order valence-corrected chi connectivity index (χ3v) is 5.26. The number of halogens is 2. The molecular weight excluding hydrogens is 426 g/mol. The number of fused-ring (bicyclic) bond motifs is 2. The molecule has 1 aliphatic rings. The molecule has 0 saturated carbocycles. The molecule has 4 aromatic heterocycles. The summed E-state index contributed by atoms with van der Waals surface area (Å²) in [7, 11) is 0. The summed E-state index contributed by atoms with van der Waals surface area (Å²) in [6.45, 7) is 9.29. The van der Waals surface area contributed by atoms with Crippen molar-refractivity contribution in [1.82, 2.24) is 29.7 Å². The molecule has 10 heteroatoms. The molecule has 33 heavy (non-hydrogen) atoms. The molecule has 0 saturated heterocycles. The SMILES string of the molecule is C=CC.Cc1cc2c(NCc3ccc(N4CCn5c(nnc5C(F)F)C4)nc3)ccnc2[nH]1. The normalized spacial score (nSPS) is 12.9. The predicted molar refractivity (Wildman–Crippen MR) is 124 cm³/mol. The monoisotopic (exact) mass is 452 g/mol. The molecule has 2 N–H and O–H groups in total. The van der Waals surface area contributed by atoms with E-state index in [1.54, 1.807) is 12.3 Å². The fourth-order valence-electron chi connectivity index (χ4n) is 3.76. The molecule has 0 fully saturated rings. The highest BCUT2D eigenvalue weighted by Crippen LogP contribution is 2.25. The number of aromatic nitrogens is 6. The van der Waals surface area contributed by atoms with Crippen molar-refractivity contribution in [2.45, 2.75) is 39.9 Å². The van der Waals surface area contributed by atoms with Gasteiger partial charge in [-0.25, -0.2) is 18.7 Å². The van der Waals surface area contributed by atoms with Gasteiger partial charge in [0.25, 0.3) is 6.43 Å². The van der Waals surface area contributed by atoms with E-state index in [-0.39, 0.29) is 5.82 Å². The molecule has 0 unspecified atom stereocenters. The second-order valence-corrected chi connectivity index (χ2v) is 7.71. The number of nitrogens with one attached hydrogen (secondary N) is 2. The highest BCUT2D eigenvalue weighted by molar-refractivity contribution is 5.89. The van der Waals surface area contributed by atoms with Gasteiger partial charge in [-0.1, -0.05) is 12.1 Å². The first-order valence-corrected chi connectivity index (χ1v) is 10.7. The first-order chi connectivity index (χ1) is 16.0. The molecular formula is C23H26F2N8. The van der Waals surface area contributed by atoms with Crippen molar-refractivity contribution >= 4 is 22.5 Å². The van der Waals surface area contributed by atoms with Crippen LogP contribution in [0.15, 0.2) is 49.3 Å². The van der Waals surface area contributed by atoms with Gasteiger partial charge >= 0.3 is 0 Å². The van der Waals surface area contributed by atoms with E-state index in [9.17, 15) is 8.78 Å². The summed E-state index contributed by atoms with van der Waals surface area (Å²) in [4.78, 5) is 14.2. The number of aryl methyl sites for hydroxylation is 1. The zero-order chi connectivity index (χ0) is 23.4. The van der Waals surface area contributed by atoms with Crippen LogP contribution in [0, 0.1) is 6.92 Å². The summed E-state index contributed by atoms with van der Waals surface area (Å²) in [6.07, 6.45) is 2.74. The van der Waals surface area contributed by atoms with Crippen LogP contribution in [0.4, 0.5) is 20.3 Å². The van der Waals surface area contributed by atoms with Crippen LogP contribution in [0.25, 0.3) is 11.0 Å². The van der Waals surface area contributed by atoms with E-state index >= 15 is 0 Å². The third kappa shape index (κ3) is 4.84. The number of hydrogen-bond donors (Lipinski definition) is 2. The van der Waals surface area contributed by atoms with Gasteiger partial charge in [-0.2, -0.15) is 0 Å². The van der Waals surface area contributed by atoms with E-state index in [4.69, 9.17) is 0 Å². The van der Waals surface area contributed by atoms with Crippen molar-refractivity contribution in [3.8, 4) is 0 Å². The van der Waals surface area contributed by atoms with Crippen molar-refractivity contribution in [3.05, 3.63) is 72.2 Å². The lowest BCUT2D eigenvalue weighted by Gasteiger charge is -2.28. The van der Waals surface area contributed by atoms with Crippen molar-refractivity contribution in [1.29, 1.82) is 0 Å². The van der Waals surface area contributed by atoms with Gasteiger partial charge in [-0.3, -0.25) is 0 Å². The molecule has 5 rings (SSSR count). The number of nitrogens with zero attached hydrogens (tertiary/aromatic N) is 6. The zero-order valence-corrected chi connectivity index (χ0v) is 18.6. The summed E-state index contributed by atoms with van der Waals surface area (Å²) >= 11 is 0. The van der Waals surface area contributed by atoms with Crippen LogP contribution in [-0.2, 0) is 19.6 Å². The molecule has 0 spiro atoms. The maximum Gasteiger partial charge on any atom is 0.297 e. The molecule has 172 valence electrons. The van der Waals surface area contributed by atoms with Crippen LogP contribution >= 0.6 is 0 Å². The molecule has 4 aromatic rings. The average molecular weight is 453 g/mol. The Morgan fingerprint density at radius 3 is 2.76 bits per heavy atom. The molecule has 1 aliphatic heterocycles. The maximum atomic E-state index is 13.0. The lowest BCUT2D eigenvalue weighted by atomic mass is 10.2. The minimum atomic E-state index is -2.61. The van der Waals surface area contributed by atoms with Crippen LogP contribution in [-0.4, -0.2) is 36.3 Å². The summed E-state index contributed by atoms with van der Waals surface area (Å²) in [5.41, 5.74) is 3.98. The Hall–Kier alpha value is -3.82.